The van der Waals surface area contributed by atoms with Crippen molar-refractivity contribution in [1.82, 2.24) is 10.6 Å². The maximum Gasteiger partial charge on any atom is 0.170 e. The van der Waals surface area contributed by atoms with Crippen molar-refractivity contribution >= 4 is 17.3 Å². The van der Waals surface area contributed by atoms with Gasteiger partial charge in [-0.15, -0.1) is 0 Å². The lowest BCUT2D eigenvalue weighted by atomic mass is 9.91. The number of hydrogen-bond acceptors (Lipinski definition) is 1. The Morgan fingerprint density at radius 3 is 3.36 bits per heavy atom. The molecule has 2 rings (SSSR count). The van der Waals surface area contributed by atoms with Crippen molar-refractivity contribution < 1.29 is 0 Å². The molecule has 0 aromatic heterocycles. The van der Waals surface area contributed by atoms with E-state index in [2.05, 4.69) is 16.7 Å². The Bertz CT molecular complexity index is 210. The van der Waals surface area contributed by atoms with E-state index < -0.39 is 0 Å². The highest BCUT2D eigenvalue weighted by Gasteiger charge is 2.22. The summed E-state index contributed by atoms with van der Waals surface area (Å²) in [4.78, 5) is 0. The average molecular weight is 168 g/mol. The highest BCUT2D eigenvalue weighted by Crippen LogP contribution is 2.23. The minimum Gasteiger partial charge on any atom is -0.362 e. The topological polar surface area (TPSA) is 24.1 Å². The Morgan fingerprint density at radius 2 is 2.45 bits per heavy atom. The fraction of sp³-hybridized carbons (Fsp3) is 0.625. The van der Waals surface area contributed by atoms with Gasteiger partial charge in [-0.25, -0.2) is 0 Å². The quantitative estimate of drug-likeness (QED) is 0.531. The molecule has 11 heavy (non-hydrogen) atoms. The van der Waals surface area contributed by atoms with Crippen LogP contribution < -0.4 is 10.6 Å². The average Bonchev–Trinajstić information content (AvgIpc) is 2.04. The molecule has 2 nitrogen and oxygen atoms in total. The molecular formula is C8H12N2S. The molecule has 1 fully saturated rings. The summed E-state index contributed by atoms with van der Waals surface area (Å²) in [7, 11) is 0. The second kappa shape index (κ2) is 2.81. The van der Waals surface area contributed by atoms with Gasteiger partial charge in [-0.3, -0.25) is 0 Å². The zero-order chi connectivity index (χ0) is 7.68. The molecule has 0 spiro atoms. The lowest BCUT2D eigenvalue weighted by molar-refractivity contribution is 0.466. The normalized spacial score (nSPS) is 29.6. The molecule has 3 heteroatoms. The van der Waals surface area contributed by atoms with E-state index in [4.69, 9.17) is 12.2 Å². The van der Waals surface area contributed by atoms with Crippen molar-refractivity contribution in [1.29, 1.82) is 0 Å². The number of hydrogen-bond donors (Lipinski definition) is 2. The first-order valence-electron chi connectivity index (χ1n) is 4.11. The van der Waals surface area contributed by atoms with E-state index in [1.807, 2.05) is 0 Å². The highest BCUT2D eigenvalue weighted by molar-refractivity contribution is 7.80. The third-order valence-corrected chi connectivity index (χ3v) is 2.57. The molecule has 2 N–H and O–H groups in total. The molecule has 1 atom stereocenters. The van der Waals surface area contributed by atoms with Crippen LogP contribution in [-0.2, 0) is 0 Å². The van der Waals surface area contributed by atoms with E-state index in [1.165, 1.54) is 25.0 Å². The fourth-order valence-corrected chi connectivity index (χ4v) is 1.90. The first kappa shape index (κ1) is 7.10. The summed E-state index contributed by atoms with van der Waals surface area (Å²) >= 11 is 5.01. The Kier molecular flexibility index (Phi) is 1.82. The van der Waals surface area contributed by atoms with Crippen molar-refractivity contribution in [3.05, 3.63) is 11.8 Å². The van der Waals surface area contributed by atoms with Crippen molar-refractivity contribution in [2.45, 2.75) is 19.3 Å². The largest absolute Gasteiger partial charge is 0.362 e. The van der Waals surface area contributed by atoms with Gasteiger partial charge < -0.3 is 10.6 Å². The van der Waals surface area contributed by atoms with Gasteiger partial charge in [0.05, 0.1) is 0 Å². The van der Waals surface area contributed by atoms with E-state index in [0.717, 1.165) is 11.7 Å². The summed E-state index contributed by atoms with van der Waals surface area (Å²) < 4.78 is 0. The molecule has 0 bridgehead atoms. The van der Waals surface area contributed by atoms with Gasteiger partial charge in [0.25, 0.3) is 0 Å². The summed E-state index contributed by atoms with van der Waals surface area (Å²) in [5.74, 6) is 0.690. The van der Waals surface area contributed by atoms with Gasteiger partial charge in [0.15, 0.2) is 5.11 Å². The number of fused-ring (bicyclic) bond motifs is 1. The third-order valence-electron chi connectivity index (χ3n) is 2.33. The van der Waals surface area contributed by atoms with Crippen LogP contribution in [0.2, 0.25) is 0 Å². The maximum atomic E-state index is 5.01. The predicted molar refractivity (Wildman–Crippen MR) is 49.2 cm³/mol. The van der Waals surface area contributed by atoms with E-state index in [0.29, 0.717) is 5.92 Å². The van der Waals surface area contributed by atoms with E-state index in [-0.39, 0.29) is 0 Å². The smallest absolute Gasteiger partial charge is 0.170 e. The Hall–Kier alpha value is -0.570. The molecule has 1 heterocycles. The molecule has 2 aliphatic rings. The second-order valence-electron chi connectivity index (χ2n) is 3.12. The fourth-order valence-electron chi connectivity index (χ4n) is 1.70. The summed E-state index contributed by atoms with van der Waals surface area (Å²) in [6.45, 7) is 1.03. The summed E-state index contributed by atoms with van der Waals surface area (Å²) in [6, 6.07) is 0. The molecule has 0 amide bonds. The molecule has 60 valence electrons. The van der Waals surface area contributed by atoms with Crippen LogP contribution in [0.25, 0.3) is 0 Å². The highest BCUT2D eigenvalue weighted by atomic mass is 32.1. The van der Waals surface area contributed by atoms with Crippen molar-refractivity contribution in [3.8, 4) is 0 Å². The third kappa shape index (κ3) is 1.38. The van der Waals surface area contributed by atoms with Crippen LogP contribution in [0.5, 0.6) is 0 Å². The first-order valence-corrected chi connectivity index (χ1v) is 4.52. The SMILES string of the molecule is S=C1NCC2CCCC=C2N1. The molecule has 1 aliphatic heterocycles. The Labute approximate surface area is 72.1 Å². The van der Waals surface area contributed by atoms with Gasteiger partial charge in [-0.2, -0.15) is 0 Å². The molecule has 0 aromatic rings. The molecule has 1 aliphatic carbocycles. The lowest BCUT2D eigenvalue weighted by Gasteiger charge is -2.31. The van der Waals surface area contributed by atoms with Crippen LogP contribution in [0, 0.1) is 5.92 Å². The molecule has 1 saturated heterocycles. The Balaban J connectivity index is 2.13. The summed E-state index contributed by atoms with van der Waals surface area (Å²) in [5.41, 5.74) is 1.35. The number of thiocarbonyl (C=S) groups is 1. The first-order chi connectivity index (χ1) is 5.36. The van der Waals surface area contributed by atoms with Crippen molar-refractivity contribution in [2.75, 3.05) is 6.54 Å². The van der Waals surface area contributed by atoms with Gasteiger partial charge >= 0.3 is 0 Å². The van der Waals surface area contributed by atoms with Gasteiger partial charge in [0, 0.05) is 18.2 Å². The monoisotopic (exact) mass is 168 g/mol. The van der Waals surface area contributed by atoms with Crippen LogP contribution in [0.4, 0.5) is 0 Å². The number of allylic oxidation sites excluding steroid dienone is 1. The number of nitrogens with one attached hydrogen (secondary N) is 2. The van der Waals surface area contributed by atoms with Crippen molar-refractivity contribution in [3.63, 3.8) is 0 Å². The van der Waals surface area contributed by atoms with Crippen LogP contribution in [0.1, 0.15) is 19.3 Å². The minimum atomic E-state index is 0.690. The molecule has 0 aromatic carbocycles. The second-order valence-corrected chi connectivity index (χ2v) is 3.53. The minimum absolute atomic E-state index is 0.690. The van der Waals surface area contributed by atoms with Gasteiger partial charge in [-0.05, 0) is 31.5 Å². The number of rotatable bonds is 0. The zero-order valence-corrected chi connectivity index (χ0v) is 7.21. The summed E-state index contributed by atoms with van der Waals surface area (Å²) in [6.07, 6.45) is 6.11. The molecule has 1 unspecified atom stereocenters. The van der Waals surface area contributed by atoms with E-state index >= 15 is 0 Å². The van der Waals surface area contributed by atoms with E-state index in [9.17, 15) is 0 Å². The van der Waals surface area contributed by atoms with Gasteiger partial charge in [-0.1, -0.05) is 6.08 Å². The predicted octanol–water partition coefficient (Wildman–Crippen LogP) is 1.15. The van der Waals surface area contributed by atoms with Gasteiger partial charge in [0.2, 0.25) is 0 Å². The summed E-state index contributed by atoms with van der Waals surface area (Å²) in [5, 5.41) is 7.15. The Morgan fingerprint density at radius 1 is 1.55 bits per heavy atom. The van der Waals surface area contributed by atoms with Crippen molar-refractivity contribution in [2.24, 2.45) is 5.92 Å². The van der Waals surface area contributed by atoms with E-state index in [1.54, 1.807) is 0 Å². The zero-order valence-electron chi connectivity index (χ0n) is 6.39. The van der Waals surface area contributed by atoms with Crippen LogP contribution in [-0.4, -0.2) is 11.7 Å². The lowest BCUT2D eigenvalue weighted by Crippen LogP contribution is -2.46. The maximum absolute atomic E-state index is 5.01. The van der Waals surface area contributed by atoms with Gasteiger partial charge in [0.1, 0.15) is 0 Å². The van der Waals surface area contributed by atoms with Crippen LogP contribution in [0.3, 0.4) is 0 Å². The molecule has 0 saturated carbocycles. The van der Waals surface area contributed by atoms with Crippen LogP contribution >= 0.6 is 12.2 Å². The molecular weight excluding hydrogens is 156 g/mol. The standard InChI is InChI=1S/C8H12N2S/c11-8-9-5-6-3-1-2-4-7(6)10-8/h4,6H,1-3,5H2,(H2,9,10,11). The molecule has 0 radical (unpaired) electrons. The van der Waals surface area contributed by atoms with Crippen LogP contribution in [0.15, 0.2) is 11.8 Å².